The number of benzene rings is 1. The minimum atomic E-state index is 0.184. The second-order valence-corrected chi connectivity index (χ2v) is 5.69. The molecule has 1 aromatic carbocycles. The minimum Gasteiger partial charge on any atom is -0.294 e. The molecule has 19 heavy (non-hydrogen) atoms. The van der Waals surface area contributed by atoms with E-state index in [1.807, 2.05) is 26.0 Å². The third-order valence-corrected chi connectivity index (χ3v) is 4.20. The van der Waals surface area contributed by atoms with Crippen molar-refractivity contribution in [1.82, 2.24) is 0 Å². The number of ketones is 1. The molecule has 2 heteroatoms. The fourth-order valence-corrected chi connectivity index (χ4v) is 2.51. The monoisotopic (exact) mass is 280 g/mol. The number of rotatable bonds is 8. The van der Waals surface area contributed by atoms with Gasteiger partial charge in [-0.2, -0.15) is 0 Å². The topological polar surface area (TPSA) is 17.1 Å². The van der Waals surface area contributed by atoms with Crippen molar-refractivity contribution in [3.05, 3.63) is 33.8 Å². The molecule has 0 aromatic heterocycles. The number of Topliss-reactive ketones (excluding diaryl/α,β-unsaturated/α-hetero) is 1. The molecule has 0 aliphatic carbocycles. The molecular weight excluding hydrogens is 256 g/mol. The van der Waals surface area contributed by atoms with Gasteiger partial charge in [-0.05, 0) is 37.5 Å². The Bertz CT molecular complexity index is 424. The molecule has 0 N–H and O–H groups in total. The Morgan fingerprint density at radius 2 is 1.68 bits per heavy atom. The third-order valence-electron chi connectivity index (χ3n) is 3.72. The highest BCUT2D eigenvalue weighted by atomic mass is 35.5. The number of aryl methyl sites for hydroxylation is 1. The number of halogens is 1. The normalized spacial score (nSPS) is 10.7. The first-order chi connectivity index (χ1) is 9.07. The Kier molecular flexibility index (Phi) is 7.15. The van der Waals surface area contributed by atoms with E-state index in [0.717, 1.165) is 24.0 Å². The molecule has 0 bridgehead atoms. The van der Waals surface area contributed by atoms with Crippen molar-refractivity contribution in [2.75, 3.05) is 0 Å². The Morgan fingerprint density at radius 1 is 1.05 bits per heavy atom. The molecule has 0 amide bonds. The second-order valence-electron chi connectivity index (χ2n) is 5.31. The summed E-state index contributed by atoms with van der Waals surface area (Å²) in [6.45, 7) is 6.20. The molecule has 0 unspecified atom stereocenters. The average molecular weight is 281 g/mol. The van der Waals surface area contributed by atoms with Gasteiger partial charge in [0.1, 0.15) is 0 Å². The third kappa shape index (κ3) is 4.99. The highest BCUT2D eigenvalue weighted by molar-refractivity contribution is 6.34. The molecule has 1 aromatic rings. The summed E-state index contributed by atoms with van der Waals surface area (Å²) in [6, 6.07) is 3.85. The SMILES string of the molecule is CCCCCCCCC(=O)c1ccc(C)c(C)c1Cl. The van der Waals surface area contributed by atoms with Crippen LogP contribution in [0.3, 0.4) is 0 Å². The van der Waals surface area contributed by atoms with E-state index in [-0.39, 0.29) is 5.78 Å². The summed E-state index contributed by atoms with van der Waals surface area (Å²) in [5, 5.41) is 0.635. The van der Waals surface area contributed by atoms with Crippen LogP contribution in [0.15, 0.2) is 12.1 Å². The van der Waals surface area contributed by atoms with Crippen LogP contribution >= 0.6 is 11.6 Å². The summed E-state index contributed by atoms with van der Waals surface area (Å²) < 4.78 is 0. The zero-order chi connectivity index (χ0) is 14.3. The molecule has 0 aliphatic rings. The van der Waals surface area contributed by atoms with Crippen LogP contribution in [0.25, 0.3) is 0 Å². The van der Waals surface area contributed by atoms with Crippen LogP contribution in [0.2, 0.25) is 5.02 Å². The van der Waals surface area contributed by atoms with Gasteiger partial charge in [-0.3, -0.25) is 4.79 Å². The lowest BCUT2D eigenvalue weighted by Crippen LogP contribution is -2.02. The fourth-order valence-electron chi connectivity index (χ4n) is 2.20. The van der Waals surface area contributed by atoms with Crippen LogP contribution in [0.5, 0.6) is 0 Å². The van der Waals surface area contributed by atoms with Crippen LogP contribution < -0.4 is 0 Å². The van der Waals surface area contributed by atoms with Gasteiger partial charge >= 0.3 is 0 Å². The van der Waals surface area contributed by atoms with Crippen LogP contribution in [0.1, 0.15) is 73.4 Å². The van der Waals surface area contributed by atoms with E-state index in [1.54, 1.807) is 0 Å². The van der Waals surface area contributed by atoms with Gasteiger partial charge in [-0.1, -0.05) is 56.7 Å². The maximum Gasteiger partial charge on any atom is 0.164 e. The molecule has 0 saturated carbocycles. The lowest BCUT2D eigenvalue weighted by molar-refractivity contribution is 0.0979. The molecule has 0 saturated heterocycles. The fraction of sp³-hybridized carbons (Fsp3) is 0.588. The van der Waals surface area contributed by atoms with E-state index in [4.69, 9.17) is 11.6 Å². The summed E-state index contributed by atoms with van der Waals surface area (Å²) in [5.74, 6) is 0.184. The van der Waals surface area contributed by atoms with Crippen LogP contribution in [-0.2, 0) is 0 Å². The molecular formula is C17H25ClO. The number of hydrogen-bond donors (Lipinski definition) is 0. The zero-order valence-electron chi connectivity index (χ0n) is 12.4. The van der Waals surface area contributed by atoms with Gasteiger partial charge in [0.05, 0.1) is 5.02 Å². The highest BCUT2D eigenvalue weighted by Gasteiger charge is 2.12. The van der Waals surface area contributed by atoms with E-state index in [0.29, 0.717) is 17.0 Å². The summed E-state index contributed by atoms with van der Waals surface area (Å²) in [5.41, 5.74) is 2.86. The van der Waals surface area contributed by atoms with Crippen molar-refractivity contribution in [1.29, 1.82) is 0 Å². The Morgan fingerprint density at radius 3 is 2.37 bits per heavy atom. The van der Waals surface area contributed by atoms with Gasteiger partial charge in [-0.25, -0.2) is 0 Å². The maximum atomic E-state index is 12.1. The van der Waals surface area contributed by atoms with Crippen LogP contribution in [0.4, 0.5) is 0 Å². The van der Waals surface area contributed by atoms with Crippen molar-refractivity contribution in [2.45, 2.75) is 65.7 Å². The number of unbranched alkanes of at least 4 members (excludes halogenated alkanes) is 5. The quantitative estimate of drug-likeness (QED) is 0.428. The standard InChI is InChI=1S/C17H25ClO/c1-4-5-6-7-8-9-10-16(19)15-12-11-13(2)14(3)17(15)18/h11-12H,4-10H2,1-3H3. The van der Waals surface area contributed by atoms with E-state index in [2.05, 4.69) is 6.92 Å². The first kappa shape index (κ1) is 16.2. The van der Waals surface area contributed by atoms with Gasteiger partial charge in [0.15, 0.2) is 5.78 Å². The molecule has 0 spiro atoms. The highest BCUT2D eigenvalue weighted by Crippen LogP contribution is 2.25. The van der Waals surface area contributed by atoms with Crippen LogP contribution in [-0.4, -0.2) is 5.78 Å². The predicted octanol–water partition coefficient (Wildman–Crippen LogP) is 5.89. The molecule has 106 valence electrons. The smallest absolute Gasteiger partial charge is 0.164 e. The first-order valence-corrected chi connectivity index (χ1v) is 7.74. The van der Waals surface area contributed by atoms with Gasteiger partial charge in [-0.15, -0.1) is 0 Å². The Labute approximate surface area is 122 Å². The number of carbonyl (C=O) groups is 1. The van der Waals surface area contributed by atoms with Gasteiger partial charge in [0.2, 0.25) is 0 Å². The van der Waals surface area contributed by atoms with Gasteiger partial charge in [0.25, 0.3) is 0 Å². The molecule has 0 aliphatic heterocycles. The molecule has 0 fully saturated rings. The summed E-state index contributed by atoms with van der Waals surface area (Å²) >= 11 is 6.25. The van der Waals surface area contributed by atoms with E-state index in [9.17, 15) is 4.79 Å². The van der Waals surface area contributed by atoms with E-state index in [1.165, 1.54) is 25.7 Å². The first-order valence-electron chi connectivity index (χ1n) is 7.36. The molecule has 1 nitrogen and oxygen atoms in total. The lowest BCUT2D eigenvalue weighted by atomic mass is 9.99. The average Bonchev–Trinajstić information content (AvgIpc) is 2.40. The van der Waals surface area contributed by atoms with Crippen molar-refractivity contribution in [3.8, 4) is 0 Å². The van der Waals surface area contributed by atoms with Crippen LogP contribution in [0, 0.1) is 13.8 Å². The minimum absolute atomic E-state index is 0.184. The second kappa shape index (κ2) is 8.37. The summed E-state index contributed by atoms with van der Waals surface area (Å²) in [7, 11) is 0. The van der Waals surface area contributed by atoms with Gasteiger partial charge in [0, 0.05) is 12.0 Å². The van der Waals surface area contributed by atoms with E-state index < -0.39 is 0 Å². The summed E-state index contributed by atoms with van der Waals surface area (Å²) in [4.78, 5) is 12.1. The van der Waals surface area contributed by atoms with Gasteiger partial charge < -0.3 is 0 Å². The van der Waals surface area contributed by atoms with Crippen molar-refractivity contribution in [2.24, 2.45) is 0 Å². The molecule has 0 radical (unpaired) electrons. The number of carbonyl (C=O) groups excluding carboxylic acids is 1. The van der Waals surface area contributed by atoms with Crippen molar-refractivity contribution < 1.29 is 4.79 Å². The number of hydrogen-bond acceptors (Lipinski definition) is 1. The van der Waals surface area contributed by atoms with Crippen molar-refractivity contribution in [3.63, 3.8) is 0 Å². The Balaban J connectivity index is 2.44. The van der Waals surface area contributed by atoms with Crippen molar-refractivity contribution >= 4 is 17.4 Å². The van der Waals surface area contributed by atoms with E-state index >= 15 is 0 Å². The Hall–Kier alpha value is -0.820. The predicted molar refractivity (Wildman–Crippen MR) is 83.2 cm³/mol. The largest absolute Gasteiger partial charge is 0.294 e. The molecule has 0 atom stereocenters. The maximum absolute atomic E-state index is 12.1. The summed E-state index contributed by atoms with van der Waals surface area (Å²) in [6.07, 6.45) is 7.83. The molecule has 1 rings (SSSR count). The molecule has 0 heterocycles. The lowest BCUT2D eigenvalue weighted by Gasteiger charge is -2.08. The zero-order valence-corrected chi connectivity index (χ0v) is 13.1.